The van der Waals surface area contributed by atoms with Crippen LogP contribution in [0.1, 0.15) is 15.9 Å². The molecule has 0 saturated carbocycles. The monoisotopic (exact) mass is 279 g/mol. The van der Waals surface area contributed by atoms with Crippen LogP contribution in [0.3, 0.4) is 0 Å². The second kappa shape index (κ2) is 5.40. The number of hydrogen-bond acceptors (Lipinski definition) is 2. The fourth-order valence-corrected chi connectivity index (χ4v) is 1.90. The number of anilines is 1. The maximum absolute atomic E-state index is 13.5. The Morgan fingerprint density at radius 2 is 1.89 bits per heavy atom. The molecule has 19 heavy (non-hydrogen) atoms. The topological polar surface area (TPSA) is 29.1 Å². The molecule has 1 N–H and O–H groups in total. The molecule has 2 rings (SSSR count). The number of carbonyl (C=O) groups excluding carboxylic acids is 1. The number of benzene rings is 2. The van der Waals surface area contributed by atoms with E-state index in [9.17, 15) is 13.6 Å². The number of thiol groups is 1. The van der Waals surface area contributed by atoms with Crippen molar-refractivity contribution in [3.63, 3.8) is 0 Å². The van der Waals surface area contributed by atoms with Crippen molar-refractivity contribution in [1.82, 2.24) is 0 Å². The third kappa shape index (κ3) is 3.32. The lowest BCUT2D eigenvalue weighted by Crippen LogP contribution is -2.14. The first kappa shape index (κ1) is 13.5. The Hall–Kier alpha value is -1.88. The third-order valence-electron chi connectivity index (χ3n) is 2.49. The Balaban J connectivity index is 2.28. The van der Waals surface area contributed by atoms with Crippen LogP contribution in [0.5, 0.6) is 0 Å². The summed E-state index contributed by atoms with van der Waals surface area (Å²) < 4.78 is 26.7. The third-order valence-corrected chi connectivity index (χ3v) is 2.77. The first-order chi connectivity index (χ1) is 8.95. The second-order valence-electron chi connectivity index (χ2n) is 4.14. The Kier molecular flexibility index (Phi) is 3.85. The summed E-state index contributed by atoms with van der Waals surface area (Å²) in [6.07, 6.45) is 0. The van der Waals surface area contributed by atoms with Crippen LogP contribution in [0.2, 0.25) is 0 Å². The van der Waals surface area contributed by atoms with Gasteiger partial charge in [-0.3, -0.25) is 4.79 Å². The Labute approximate surface area is 114 Å². The Morgan fingerprint density at radius 3 is 2.58 bits per heavy atom. The van der Waals surface area contributed by atoms with E-state index in [1.165, 1.54) is 24.3 Å². The molecule has 0 bridgehead atoms. The molecule has 0 aliphatic carbocycles. The molecule has 0 fully saturated rings. The van der Waals surface area contributed by atoms with Gasteiger partial charge in [0.05, 0.1) is 5.56 Å². The van der Waals surface area contributed by atoms with Crippen molar-refractivity contribution < 1.29 is 13.6 Å². The van der Waals surface area contributed by atoms with E-state index < -0.39 is 17.5 Å². The van der Waals surface area contributed by atoms with Gasteiger partial charge in [0.1, 0.15) is 11.6 Å². The molecule has 0 heterocycles. The van der Waals surface area contributed by atoms with E-state index in [0.717, 1.165) is 6.07 Å². The molecule has 0 aliphatic rings. The average Bonchev–Trinajstić information content (AvgIpc) is 2.30. The van der Waals surface area contributed by atoms with E-state index in [-0.39, 0.29) is 11.3 Å². The van der Waals surface area contributed by atoms with Crippen LogP contribution < -0.4 is 5.32 Å². The van der Waals surface area contributed by atoms with Crippen molar-refractivity contribution in [1.29, 1.82) is 0 Å². The Morgan fingerprint density at radius 1 is 1.16 bits per heavy atom. The maximum atomic E-state index is 13.5. The molecule has 0 saturated heterocycles. The lowest BCUT2D eigenvalue weighted by molar-refractivity contribution is 0.102. The fraction of sp³-hybridized carbons (Fsp3) is 0.0714. The van der Waals surface area contributed by atoms with Crippen molar-refractivity contribution in [3.05, 3.63) is 59.2 Å². The quantitative estimate of drug-likeness (QED) is 0.804. The highest BCUT2D eigenvalue weighted by molar-refractivity contribution is 7.80. The van der Waals surface area contributed by atoms with Crippen LogP contribution in [-0.2, 0) is 0 Å². The summed E-state index contributed by atoms with van der Waals surface area (Å²) in [6.45, 7) is 1.70. The van der Waals surface area contributed by atoms with E-state index in [0.29, 0.717) is 10.5 Å². The van der Waals surface area contributed by atoms with Gasteiger partial charge < -0.3 is 5.32 Å². The van der Waals surface area contributed by atoms with Gasteiger partial charge in [-0.1, -0.05) is 0 Å². The average molecular weight is 279 g/mol. The summed E-state index contributed by atoms with van der Waals surface area (Å²) in [7, 11) is 0. The number of halogens is 2. The summed E-state index contributed by atoms with van der Waals surface area (Å²) >= 11 is 4.05. The van der Waals surface area contributed by atoms with E-state index in [1.54, 1.807) is 13.0 Å². The zero-order valence-corrected chi connectivity index (χ0v) is 11.0. The summed E-state index contributed by atoms with van der Waals surface area (Å²) in [4.78, 5) is 12.4. The first-order valence-corrected chi connectivity index (χ1v) is 5.97. The number of amides is 1. The van der Waals surface area contributed by atoms with Crippen molar-refractivity contribution in [3.8, 4) is 0 Å². The van der Waals surface area contributed by atoms with Gasteiger partial charge in [-0.15, -0.1) is 12.6 Å². The molecule has 0 aliphatic heterocycles. The number of aryl methyl sites for hydroxylation is 1. The van der Waals surface area contributed by atoms with Crippen molar-refractivity contribution >= 4 is 24.2 Å². The molecular formula is C14H11F2NOS. The molecular weight excluding hydrogens is 268 g/mol. The van der Waals surface area contributed by atoms with Gasteiger partial charge in [0.2, 0.25) is 0 Å². The first-order valence-electron chi connectivity index (χ1n) is 5.53. The van der Waals surface area contributed by atoms with Crippen LogP contribution in [0.4, 0.5) is 14.5 Å². The van der Waals surface area contributed by atoms with Crippen LogP contribution >= 0.6 is 12.6 Å². The molecule has 98 valence electrons. The minimum atomic E-state index is -0.650. The van der Waals surface area contributed by atoms with E-state index >= 15 is 0 Å². The predicted molar refractivity (Wildman–Crippen MR) is 72.7 cm³/mol. The SMILES string of the molecule is Cc1cc(F)cc(NC(=O)c2cc(S)ccc2F)c1. The second-order valence-corrected chi connectivity index (χ2v) is 4.65. The number of rotatable bonds is 2. The molecule has 5 heteroatoms. The highest BCUT2D eigenvalue weighted by Gasteiger charge is 2.12. The van der Waals surface area contributed by atoms with Gasteiger partial charge in [-0.25, -0.2) is 8.78 Å². The van der Waals surface area contributed by atoms with Crippen LogP contribution in [-0.4, -0.2) is 5.91 Å². The van der Waals surface area contributed by atoms with Gasteiger partial charge in [-0.2, -0.15) is 0 Å². The van der Waals surface area contributed by atoms with Gasteiger partial charge in [0.15, 0.2) is 0 Å². The molecule has 2 aromatic carbocycles. The fourth-order valence-electron chi connectivity index (χ4n) is 1.69. The van der Waals surface area contributed by atoms with Gasteiger partial charge in [-0.05, 0) is 48.9 Å². The highest BCUT2D eigenvalue weighted by Crippen LogP contribution is 2.17. The van der Waals surface area contributed by atoms with E-state index in [1.807, 2.05) is 0 Å². The van der Waals surface area contributed by atoms with Gasteiger partial charge in [0, 0.05) is 10.6 Å². The Bertz CT molecular complexity index is 623. The zero-order valence-electron chi connectivity index (χ0n) is 10.1. The van der Waals surface area contributed by atoms with Gasteiger partial charge >= 0.3 is 0 Å². The molecule has 1 amide bonds. The standard InChI is InChI=1S/C14H11F2NOS/c1-8-4-9(15)6-10(5-8)17-14(18)12-7-11(19)2-3-13(12)16/h2-7,19H,1H3,(H,17,18). The predicted octanol–water partition coefficient (Wildman–Crippen LogP) is 3.81. The van der Waals surface area contributed by atoms with Crippen molar-refractivity contribution in [2.75, 3.05) is 5.32 Å². The zero-order chi connectivity index (χ0) is 14.0. The number of hydrogen-bond donors (Lipinski definition) is 2. The normalized spacial score (nSPS) is 10.3. The van der Waals surface area contributed by atoms with Crippen molar-refractivity contribution in [2.45, 2.75) is 11.8 Å². The smallest absolute Gasteiger partial charge is 0.258 e. The number of nitrogens with one attached hydrogen (secondary N) is 1. The summed E-state index contributed by atoms with van der Waals surface area (Å²) in [6, 6.07) is 8.04. The summed E-state index contributed by atoms with van der Waals surface area (Å²) in [5.74, 6) is -1.75. The van der Waals surface area contributed by atoms with Crippen LogP contribution in [0.15, 0.2) is 41.3 Å². The molecule has 0 unspecified atom stereocenters. The molecule has 0 spiro atoms. The lowest BCUT2D eigenvalue weighted by atomic mass is 10.1. The lowest BCUT2D eigenvalue weighted by Gasteiger charge is -2.08. The van der Waals surface area contributed by atoms with Crippen LogP contribution in [0.25, 0.3) is 0 Å². The largest absolute Gasteiger partial charge is 0.322 e. The molecule has 0 aromatic heterocycles. The molecule has 2 aromatic rings. The summed E-state index contributed by atoms with van der Waals surface area (Å²) in [5.41, 5.74) is 0.819. The maximum Gasteiger partial charge on any atom is 0.258 e. The summed E-state index contributed by atoms with van der Waals surface area (Å²) in [5, 5.41) is 2.46. The van der Waals surface area contributed by atoms with Crippen molar-refractivity contribution in [2.24, 2.45) is 0 Å². The van der Waals surface area contributed by atoms with Crippen LogP contribution in [0, 0.1) is 18.6 Å². The highest BCUT2D eigenvalue weighted by atomic mass is 32.1. The molecule has 2 nitrogen and oxygen atoms in total. The number of carbonyl (C=O) groups is 1. The minimum Gasteiger partial charge on any atom is -0.322 e. The van der Waals surface area contributed by atoms with E-state index in [4.69, 9.17) is 0 Å². The molecule has 0 radical (unpaired) electrons. The molecule has 0 atom stereocenters. The minimum absolute atomic E-state index is 0.130. The van der Waals surface area contributed by atoms with E-state index in [2.05, 4.69) is 17.9 Å². The van der Waals surface area contributed by atoms with Gasteiger partial charge in [0.25, 0.3) is 5.91 Å².